The Morgan fingerprint density at radius 3 is 2.19 bits per heavy atom. The van der Waals surface area contributed by atoms with Gasteiger partial charge in [0.2, 0.25) is 0 Å². The first-order chi connectivity index (χ1) is 10.1. The molecule has 5 heteroatoms. The minimum absolute atomic E-state index is 0.251. The van der Waals surface area contributed by atoms with Gasteiger partial charge in [0.15, 0.2) is 11.5 Å². The highest BCUT2D eigenvalue weighted by Crippen LogP contribution is 2.27. The summed E-state index contributed by atoms with van der Waals surface area (Å²) < 4.78 is 24.1. The van der Waals surface area contributed by atoms with E-state index in [0.29, 0.717) is 29.1 Å². The van der Waals surface area contributed by atoms with Crippen LogP contribution in [0.3, 0.4) is 0 Å². The highest BCUT2D eigenvalue weighted by atomic mass is 79.9. The van der Waals surface area contributed by atoms with Crippen LogP contribution in [0.25, 0.3) is 0 Å². The van der Waals surface area contributed by atoms with Crippen molar-refractivity contribution in [2.75, 3.05) is 14.2 Å². The lowest BCUT2D eigenvalue weighted by molar-refractivity contribution is 0.354. The molecule has 2 rings (SSSR count). The first-order valence-electron chi connectivity index (χ1n) is 6.49. The van der Waals surface area contributed by atoms with E-state index in [4.69, 9.17) is 9.47 Å². The van der Waals surface area contributed by atoms with E-state index < -0.39 is 0 Å². The van der Waals surface area contributed by atoms with Gasteiger partial charge < -0.3 is 14.8 Å². The number of methoxy groups -OCH3 is 2. The zero-order valence-electron chi connectivity index (χ0n) is 12.0. The fourth-order valence-electron chi connectivity index (χ4n) is 1.99. The standard InChI is InChI=1S/C16H17BrFNO2/c1-20-15-6-4-12(8-16(15)21-2)10-19-9-11-3-5-14(18)13(17)7-11/h3-8,19H,9-10H2,1-2H3. The second-order valence-corrected chi connectivity index (χ2v) is 5.40. The maximum atomic E-state index is 13.1. The molecule has 0 saturated heterocycles. The van der Waals surface area contributed by atoms with Crippen molar-refractivity contribution in [2.24, 2.45) is 0 Å². The van der Waals surface area contributed by atoms with Crippen LogP contribution in [0.15, 0.2) is 40.9 Å². The second kappa shape index (κ2) is 7.43. The van der Waals surface area contributed by atoms with E-state index in [1.165, 1.54) is 6.07 Å². The van der Waals surface area contributed by atoms with Crippen LogP contribution >= 0.6 is 15.9 Å². The molecule has 0 atom stereocenters. The molecule has 2 aromatic rings. The van der Waals surface area contributed by atoms with Gasteiger partial charge in [-0.3, -0.25) is 0 Å². The Kier molecular flexibility index (Phi) is 5.59. The number of hydrogen-bond acceptors (Lipinski definition) is 3. The molecule has 0 radical (unpaired) electrons. The lowest BCUT2D eigenvalue weighted by atomic mass is 10.2. The van der Waals surface area contributed by atoms with Crippen molar-refractivity contribution in [3.8, 4) is 11.5 Å². The number of nitrogens with one attached hydrogen (secondary N) is 1. The van der Waals surface area contributed by atoms with Crippen LogP contribution in [-0.2, 0) is 13.1 Å². The van der Waals surface area contributed by atoms with Crippen molar-refractivity contribution in [2.45, 2.75) is 13.1 Å². The summed E-state index contributed by atoms with van der Waals surface area (Å²) in [7, 11) is 3.23. The molecule has 1 N–H and O–H groups in total. The Morgan fingerprint density at radius 1 is 0.952 bits per heavy atom. The topological polar surface area (TPSA) is 30.5 Å². The molecule has 112 valence electrons. The van der Waals surface area contributed by atoms with E-state index >= 15 is 0 Å². The molecule has 0 heterocycles. The third-order valence-electron chi connectivity index (χ3n) is 3.09. The van der Waals surface area contributed by atoms with E-state index in [-0.39, 0.29) is 5.82 Å². The summed E-state index contributed by atoms with van der Waals surface area (Å²) in [5.74, 6) is 1.17. The normalized spacial score (nSPS) is 10.5. The molecular weight excluding hydrogens is 337 g/mol. The van der Waals surface area contributed by atoms with Crippen molar-refractivity contribution in [1.82, 2.24) is 5.32 Å². The average Bonchev–Trinajstić information content (AvgIpc) is 2.50. The molecule has 0 aliphatic rings. The average molecular weight is 354 g/mol. The molecule has 0 aromatic heterocycles. The zero-order valence-corrected chi connectivity index (χ0v) is 13.5. The van der Waals surface area contributed by atoms with Crippen LogP contribution < -0.4 is 14.8 Å². The lowest BCUT2D eigenvalue weighted by Gasteiger charge is -2.10. The number of hydrogen-bond donors (Lipinski definition) is 1. The van der Waals surface area contributed by atoms with Crippen molar-refractivity contribution >= 4 is 15.9 Å². The van der Waals surface area contributed by atoms with Crippen LogP contribution in [0, 0.1) is 5.82 Å². The molecule has 0 aliphatic heterocycles. The zero-order chi connectivity index (χ0) is 15.2. The van der Waals surface area contributed by atoms with Crippen molar-refractivity contribution in [3.05, 3.63) is 57.8 Å². The van der Waals surface area contributed by atoms with Crippen LogP contribution in [-0.4, -0.2) is 14.2 Å². The maximum absolute atomic E-state index is 13.1. The van der Waals surface area contributed by atoms with Gasteiger partial charge in [-0.05, 0) is 51.3 Å². The van der Waals surface area contributed by atoms with E-state index in [0.717, 1.165) is 11.1 Å². The van der Waals surface area contributed by atoms with Gasteiger partial charge in [0.25, 0.3) is 0 Å². The Morgan fingerprint density at radius 2 is 1.57 bits per heavy atom. The summed E-state index contributed by atoms with van der Waals surface area (Å²) in [5.41, 5.74) is 2.11. The number of ether oxygens (including phenoxy) is 2. The third-order valence-corrected chi connectivity index (χ3v) is 3.70. The SMILES string of the molecule is COc1ccc(CNCc2ccc(F)c(Br)c2)cc1OC. The van der Waals surface area contributed by atoms with E-state index in [2.05, 4.69) is 21.2 Å². The molecule has 0 fully saturated rings. The van der Waals surface area contributed by atoms with E-state index in [9.17, 15) is 4.39 Å². The first-order valence-corrected chi connectivity index (χ1v) is 7.29. The Bertz CT molecular complexity index is 619. The van der Waals surface area contributed by atoms with Crippen molar-refractivity contribution in [1.29, 1.82) is 0 Å². The fraction of sp³-hybridized carbons (Fsp3) is 0.250. The lowest BCUT2D eigenvalue weighted by Crippen LogP contribution is -2.12. The van der Waals surface area contributed by atoms with Crippen LogP contribution in [0.2, 0.25) is 0 Å². The van der Waals surface area contributed by atoms with Gasteiger partial charge >= 0.3 is 0 Å². The van der Waals surface area contributed by atoms with Crippen LogP contribution in [0.5, 0.6) is 11.5 Å². The monoisotopic (exact) mass is 353 g/mol. The quantitative estimate of drug-likeness (QED) is 0.854. The molecule has 0 aliphatic carbocycles. The van der Waals surface area contributed by atoms with Gasteiger partial charge in [-0.25, -0.2) is 4.39 Å². The molecule has 2 aromatic carbocycles. The molecule has 0 bridgehead atoms. The largest absolute Gasteiger partial charge is 0.493 e. The highest BCUT2D eigenvalue weighted by Gasteiger charge is 2.05. The Balaban J connectivity index is 1.95. The maximum Gasteiger partial charge on any atom is 0.161 e. The fourth-order valence-corrected chi connectivity index (χ4v) is 2.42. The van der Waals surface area contributed by atoms with Gasteiger partial charge in [0.05, 0.1) is 18.7 Å². The summed E-state index contributed by atoms with van der Waals surface area (Å²) in [6.07, 6.45) is 0. The Labute approximate surface area is 132 Å². The summed E-state index contributed by atoms with van der Waals surface area (Å²) in [4.78, 5) is 0. The summed E-state index contributed by atoms with van der Waals surface area (Å²) >= 11 is 3.18. The van der Waals surface area contributed by atoms with Crippen molar-refractivity contribution in [3.63, 3.8) is 0 Å². The molecule has 0 unspecified atom stereocenters. The smallest absolute Gasteiger partial charge is 0.161 e. The molecule has 0 saturated carbocycles. The number of rotatable bonds is 6. The van der Waals surface area contributed by atoms with Crippen molar-refractivity contribution < 1.29 is 13.9 Å². The molecule has 0 spiro atoms. The predicted octanol–water partition coefficient (Wildman–Crippen LogP) is 3.90. The predicted molar refractivity (Wildman–Crippen MR) is 84.2 cm³/mol. The van der Waals surface area contributed by atoms with Gasteiger partial charge in [-0.2, -0.15) is 0 Å². The summed E-state index contributed by atoms with van der Waals surface area (Å²) in [6, 6.07) is 10.8. The molecule has 21 heavy (non-hydrogen) atoms. The van der Waals surface area contributed by atoms with E-state index in [1.807, 2.05) is 18.2 Å². The highest BCUT2D eigenvalue weighted by molar-refractivity contribution is 9.10. The summed E-state index contributed by atoms with van der Waals surface area (Å²) in [6.45, 7) is 1.35. The molecule has 3 nitrogen and oxygen atoms in total. The van der Waals surface area contributed by atoms with E-state index in [1.54, 1.807) is 26.4 Å². The molecule has 0 amide bonds. The number of benzene rings is 2. The van der Waals surface area contributed by atoms with Crippen LogP contribution in [0.4, 0.5) is 4.39 Å². The summed E-state index contributed by atoms with van der Waals surface area (Å²) in [5, 5.41) is 3.31. The number of halogens is 2. The van der Waals surface area contributed by atoms with Gasteiger partial charge in [0, 0.05) is 13.1 Å². The second-order valence-electron chi connectivity index (χ2n) is 4.54. The van der Waals surface area contributed by atoms with Gasteiger partial charge in [-0.1, -0.05) is 12.1 Å². The minimum Gasteiger partial charge on any atom is -0.493 e. The minimum atomic E-state index is -0.251. The van der Waals surface area contributed by atoms with Gasteiger partial charge in [0.1, 0.15) is 5.82 Å². The Hall–Kier alpha value is -1.59. The molecular formula is C16H17BrFNO2. The first kappa shape index (κ1) is 15.8. The van der Waals surface area contributed by atoms with Crippen LogP contribution in [0.1, 0.15) is 11.1 Å². The van der Waals surface area contributed by atoms with Gasteiger partial charge in [-0.15, -0.1) is 0 Å². The third kappa shape index (κ3) is 4.19.